The van der Waals surface area contributed by atoms with Gasteiger partial charge in [-0.25, -0.2) is 0 Å². The standard InChI is InChI=1S/C11H21NO/c1-4-6-7-8-11(12-3)9-10-13-5-2/h11-12H,5,7-10H2,1-3H3. The molecule has 0 aliphatic heterocycles. The molecule has 0 aromatic heterocycles. The van der Waals surface area contributed by atoms with E-state index in [-0.39, 0.29) is 0 Å². The molecule has 1 unspecified atom stereocenters. The van der Waals surface area contributed by atoms with Crippen LogP contribution in [0, 0.1) is 11.8 Å². The van der Waals surface area contributed by atoms with E-state index >= 15 is 0 Å². The first-order valence-corrected chi connectivity index (χ1v) is 4.99. The summed E-state index contributed by atoms with van der Waals surface area (Å²) in [5.74, 6) is 5.98. The second-order valence-electron chi connectivity index (χ2n) is 2.94. The number of hydrogen-bond donors (Lipinski definition) is 1. The fourth-order valence-electron chi connectivity index (χ4n) is 1.17. The quantitative estimate of drug-likeness (QED) is 0.480. The van der Waals surface area contributed by atoms with E-state index in [1.54, 1.807) is 0 Å². The van der Waals surface area contributed by atoms with E-state index in [1.165, 1.54) is 0 Å². The summed E-state index contributed by atoms with van der Waals surface area (Å²) in [5, 5.41) is 3.27. The third-order valence-electron chi connectivity index (χ3n) is 2.02. The van der Waals surface area contributed by atoms with Crippen LogP contribution in [0.2, 0.25) is 0 Å². The molecule has 2 nitrogen and oxygen atoms in total. The topological polar surface area (TPSA) is 21.3 Å². The van der Waals surface area contributed by atoms with Gasteiger partial charge in [-0.15, -0.1) is 11.8 Å². The smallest absolute Gasteiger partial charge is 0.0480 e. The van der Waals surface area contributed by atoms with E-state index in [1.807, 2.05) is 20.9 Å². The lowest BCUT2D eigenvalue weighted by atomic mass is 10.1. The second-order valence-corrected chi connectivity index (χ2v) is 2.94. The molecule has 0 aromatic rings. The maximum atomic E-state index is 5.30. The third-order valence-corrected chi connectivity index (χ3v) is 2.02. The van der Waals surface area contributed by atoms with E-state index in [4.69, 9.17) is 4.74 Å². The minimum atomic E-state index is 0.549. The van der Waals surface area contributed by atoms with Crippen LogP contribution in [0.3, 0.4) is 0 Å². The maximum Gasteiger partial charge on any atom is 0.0480 e. The summed E-state index contributed by atoms with van der Waals surface area (Å²) in [5.41, 5.74) is 0. The van der Waals surface area contributed by atoms with Gasteiger partial charge in [-0.1, -0.05) is 0 Å². The van der Waals surface area contributed by atoms with E-state index in [9.17, 15) is 0 Å². The number of ether oxygens (including phenoxy) is 1. The Kier molecular flexibility index (Phi) is 9.18. The van der Waals surface area contributed by atoms with Gasteiger partial charge in [-0.2, -0.15) is 0 Å². The van der Waals surface area contributed by atoms with Crippen molar-refractivity contribution in [3.05, 3.63) is 0 Å². The van der Waals surface area contributed by atoms with Crippen LogP contribution < -0.4 is 5.32 Å². The molecular weight excluding hydrogens is 162 g/mol. The Morgan fingerprint density at radius 2 is 2.15 bits per heavy atom. The van der Waals surface area contributed by atoms with Gasteiger partial charge in [-0.05, 0) is 33.7 Å². The van der Waals surface area contributed by atoms with Gasteiger partial charge in [0.1, 0.15) is 0 Å². The average molecular weight is 183 g/mol. The van der Waals surface area contributed by atoms with Crippen molar-refractivity contribution in [2.45, 2.75) is 39.2 Å². The molecule has 13 heavy (non-hydrogen) atoms. The average Bonchev–Trinajstić information content (AvgIpc) is 2.16. The highest BCUT2D eigenvalue weighted by Crippen LogP contribution is 2.01. The lowest BCUT2D eigenvalue weighted by Crippen LogP contribution is -2.26. The molecule has 0 spiro atoms. The molecule has 0 heterocycles. The Hall–Kier alpha value is -0.520. The van der Waals surface area contributed by atoms with Crippen LogP contribution in [0.1, 0.15) is 33.1 Å². The Bertz CT molecular complexity index is 157. The highest BCUT2D eigenvalue weighted by molar-refractivity contribution is 4.95. The molecule has 0 aromatic carbocycles. The minimum absolute atomic E-state index is 0.549. The van der Waals surface area contributed by atoms with E-state index in [0.29, 0.717) is 6.04 Å². The van der Waals surface area contributed by atoms with Crippen molar-refractivity contribution in [3.63, 3.8) is 0 Å². The second kappa shape index (κ2) is 9.57. The predicted molar refractivity (Wildman–Crippen MR) is 56.6 cm³/mol. The molecule has 0 saturated heterocycles. The number of nitrogens with one attached hydrogen (secondary N) is 1. The van der Waals surface area contributed by atoms with Crippen molar-refractivity contribution in [3.8, 4) is 11.8 Å². The van der Waals surface area contributed by atoms with Crippen molar-refractivity contribution in [1.82, 2.24) is 5.32 Å². The van der Waals surface area contributed by atoms with Gasteiger partial charge in [0.2, 0.25) is 0 Å². The van der Waals surface area contributed by atoms with Gasteiger partial charge in [0.25, 0.3) is 0 Å². The zero-order chi connectivity index (χ0) is 9.94. The Balaban J connectivity index is 3.43. The van der Waals surface area contributed by atoms with Crippen molar-refractivity contribution < 1.29 is 4.74 Å². The molecule has 2 heteroatoms. The zero-order valence-corrected chi connectivity index (χ0v) is 9.02. The van der Waals surface area contributed by atoms with Crippen LogP contribution in [0.5, 0.6) is 0 Å². The van der Waals surface area contributed by atoms with Crippen LogP contribution in [0.25, 0.3) is 0 Å². The molecule has 1 atom stereocenters. The first kappa shape index (κ1) is 12.5. The van der Waals surface area contributed by atoms with Gasteiger partial charge in [0.05, 0.1) is 0 Å². The maximum absolute atomic E-state index is 5.30. The molecule has 76 valence electrons. The fourth-order valence-corrected chi connectivity index (χ4v) is 1.17. The molecule has 0 fully saturated rings. The number of rotatable bonds is 7. The van der Waals surface area contributed by atoms with Crippen molar-refractivity contribution in [2.24, 2.45) is 0 Å². The summed E-state index contributed by atoms with van der Waals surface area (Å²) in [6, 6.07) is 0.549. The molecule has 0 aliphatic rings. The van der Waals surface area contributed by atoms with Gasteiger partial charge in [-0.3, -0.25) is 0 Å². The van der Waals surface area contributed by atoms with Crippen LogP contribution in [0.4, 0.5) is 0 Å². The molecule has 0 saturated carbocycles. The SMILES string of the molecule is CC#CCCC(CCOCC)NC. The minimum Gasteiger partial charge on any atom is -0.382 e. The van der Waals surface area contributed by atoms with Gasteiger partial charge in [0.15, 0.2) is 0 Å². The highest BCUT2D eigenvalue weighted by Gasteiger charge is 2.03. The molecule has 0 rings (SSSR count). The Labute approximate surface area is 82.1 Å². The van der Waals surface area contributed by atoms with Crippen molar-refractivity contribution >= 4 is 0 Å². The predicted octanol–water partition coefficient (Wildman–Crippen LogP) is 1.80. The first-order chi connectivity index (χ1) is 6.35. The van der Waals surface area contributed by atoms with Crippen LogP contribution >= 0.6 is 0 Å². The van der Waals surface area contributed by atoms with E-state index in [0.717, 1.165) is 32.5 Å². The van der Waals surface area contributed by atoms with E-state index < -0.39 is 0 Å². The monoisotopic (exact) mass is 183 g/mol. The summed E-state index contributed by atoms with van der Waals surface area (Å²) < 4.78 is 5.30. The molecule has 0 aliphatic carbocycles. The fraction of sp³-hybridized carbons (Fsp3) is 0.818. The Morgan fingerprint density at radius 3 is 2.69 bits per heavy atom. The molecule has 0 radical (unpaired) electrons. The van der Waals surface area contributed by atoms with E-state index in [2.05, 4.69) is 17.2 Å². The molecule has 1 N–H and O–H groups in total. The van der Waals surface area contributed by atoms with Gasteiger partial charge >= 0.3 is 0 Å². The van der Waals surface area contributed by atoms with Crippen molar-refractivity contribution in [1.29, 1.82) is 0 Å². The summed E-state index contributed by atoms with van der Waals surface area (Å²) >= 11 is 0. The van der Waals surface area contributed by atoms with Gasteiger partial charge < -0.3 is 10.1 Å². The summed E-state index contributed by atoms with van der Waals surface area (Å²) in [4.78, 5) is 0. The molecule has 0 bridgehead atoms. The van der Waals surface area contributed by atoms with Crippen molar-refractivity contribution in [2.75, 3.05) is 20.3 Å². The van der Waals surface area contributed by atoms with Crippen LogP contribution in [-0.2, 0) is 4.74 Å². The van der Waals surface area contributed by atoms with Gasteiger partial charge in [0, 0.05) is 25.7 Å². The first-order valence-electron chi connectivity index (χ1n) is 4.99. The summed E-state index contributed by atoms with van der Waals surface area (Å²) in [6.45, 7) is 5.57. The third kappa shape index (κ3) is 7.83. The molecule has 0 amide bonds. The summed E-state index contributed by atoms with van der Waals surface area (Å²) in [6.07, 6.45) is 3.17. The summed E-state index contributed by atoms with van der Waals surface area (Å²) in [7, 11) is 2.00. The highest BCUT2D eigenvalue weighted by atomic mass is 16.5. The lowest BCUT2D eigenvalue weighted by molar-refractivity contribution is 0.136. The largest absolute Gasteiger partial charge is 0.382 e. The zero-order valence-electron chi connectivity index (χ0n) is 9.02. The molecular formula is C11H21NO. The Morgan fingerprint density at radius 1 is 1.38 bits per heavy atom. The lowest BCUT2D eigenvalue weighted by Gasteiger charge is -2.14. The number of hydrogen-bond acceptors (Lipinski definition) is 2. The van der Waals surface area contributed by atoms with Crippen LogP contribution in [-0.4, -0.2) is 26.3 Å². The van der Waals surface area contributed by atoms with Crippen LogP contribution in [0.15, 0.2) is 0 Å². The normalized spacial score (nSPS) is 11.9.